The number of ketones is 1. The average molecular weight is 532 g/mol. The fourth-order valence-electron chi connectivity index (χ4n) is 3.04. The molecule has 2 aromatic carbocycles. The summed E-state index contributed by atoms with van der Waals surface area (Å²) in [5.41, 5.74) is 10.9. The van der Waals surface area contributed by atoms with Crippen molar-refractivity contribution in [2.75, 3.05) is 5.73 Å². The van der Waals surface area contributed by atoms with E-state index in [-0.39, 0.29) is 22.8 Å². The number of carbonyl (C=O) groups excluding carboxylic acids is 1. The highest BCUT2D eigenvalue weighted by Gasteiger charge is 2.28. The molecule has 2 N–H and O–H groups in total. The molecule has 0 saturated heterocycles. The van der Waals surface area contributed by atoms with Gasteiger partial charge in [0.2, 0.25) is 5.78 Å². The number of aryl methyl sites for hydroxylation is 1. The average Bonchev–Trinajstić information content (AvgIpc) is 3.10. The molecular weight excluding hydrogens is 512 g/mol. The summed E-state index contributed by atoms with van der Waals surface area (Å²) in [5, 5.41) is 0.598. The number of hydrogen-bond acceptors (Lipinski definition) is 4. The fraction of sp³-hybridized carbons (Fsp3) is 0.0833. The number of benzene rings is 2. The maximum absolute atomic E-state index is 13.2. The zero-order valence-electron chi connectivity index (χ0n) is 16.7. The summed E-state index contributed by atoms with van der Waals surface area (Å²) in [6, 6.07) is 21.3. The Morgan fingerprint density at radius 1 is 1.03 bits per heavy atom. The first-order valence-electron chi connectivity index (χ1n) is 9.40. The number of nitrogens with two attached hydrogens (primary N) is 1. The Morgan fingerprint density at radius 3 is 2.32 bits per heavy atom. The number of nitrogen functional groups attached to an aromatic ring is 1. The number of anilines is 1. The van der Waals surface area contributed by atoms with Crippen LogP contribution in [0.5, 0.6) is 0 Å². The van der Waals surface area contributed by atoms with Crippen LogP contribution in [0, 0.1) is 6.92 Å². The Hall–Kier alpha value is -2.12. The summed E-state index contributed by atoms with van der Waals surface area (Å²) in [5.74, 6) is 0.712. The van der Waals surface area contributed by atoms with E-state index in [1.54, 1.807) is 36.0 Å². The standard InChI is InChI=1S/C24H19ClN2OS2.BrH/c1-16-5-7-17(8-6-16)15-29-24-21(27-13-3-2-4-14-27)20(26)23(30-24)22(28)18-9-11-19(25)12-10-18;/h2-14H,15H2,1H3,(H-,26,28);1H. The Labute approximate surface area is 205 Å². The lowest BCUT2D eigenvalue weighted by Gasteiger charge is -2.02. The van der Waals surface area contributed by atoms with Crippen molar-refractivity contribution in [2.45, 2.75) is 16.9 Å². The predicted octanol–water partition coefficient (Wildman–Crippen LogP) is 3.10. The number of thioether (sulfide) groups is 1. The first-order valence-corrected chi connectivity index (χ1v) is 11.6. The minimum atomic E-state index is -0.0888. The Bertz CT molecular complexity index is 1180. The van der Waals surface area contributed by atoms with Crippen molar-refractivity contribution in [3.8, 4) is 5.69 Å². The van der Waals surface area contributed by atoms with Gasteiger partial charge in [0.05, 0.1) is 0 Å². The van der Waals surface area contributed by atoms with Crippen LogP contribution in [0.3, 0.4) is 0 Å². The van der Waals surface area contributed by atoms with Crippen LogP contribution >= 0.6 is 34.7 Å². The molecule has 0 aliphatic heterocycles. The van der Waals surface area contributed by atoms with Crippen LogP contribution in [-0.2, 0) is 5.75 Å². The molecule has 4 rings (SSSR count). The molecule has 0 aliphatic rings. The van der Waals surface area contributed by atoms with Crippen molar-refractivity contribution < 1.29 is 26.3 Å². The maximum Gasteiger partial charge on any atom is 0.259 e. The topological polar surface area (TPSA) is 47.0 Å². The van der Waals surface area contributed by atoms with E-state index in [1.807, 2.05) is 35.2 Å². The second kappa shape index (κ2) is 10.5. The number of hydrogen-bond donors (Lipinski definition) is 1. The van der Waals surface area contributed by atoms with Crippen molar-refractivity contribution in [1.82, 2.24) is 0 Å². The third kappa shape index (κ3) is 5.39. The second-order valence-corrected chi connectivity index (χ2v) is 9.58. The summed E-state index contributed by atoms with van der Waals surface area (Å²) < 4.78 is 2.99. The van der Waals surface area contributed by atoms with Gasteiger partial charge in [0.25, 0.3) is 5.69 Å². The Balaban J connectivity index is 0.00000272. The van der Waals surface area contributed by atoms with E-state index < -0.39 is 0 Å². The van der Waals surface area contributed by atoms with Gasteiger partial charge in [0.1, 0.15) is 14.8 Å². The lowest BCUT2D eigenvalue weighted by Crippen LogP contribution is -3.00. The van der Waals surface area contributed by atoms with Gasteiger partial charge in [0.15, 0.2) is 12.4 Å². The van der Waals surface area contributed by atoms with Gasteiger partial charge in [0, 0.05) is 28.5 Å². The van der Waals surface area contributed by atoms with Crippen molar-refractivity contribution in [1.29, 1.82) is 0 Å². The van der Waals surface area contributed by atoms with Gasteiger partial charge in [-0.3, -0.25) is 4.79 Å². The van der Waals surface area contributed by atoms with E-state index in [9.17, 15) is 4.79 Å². The number of nitrogens with zero attached hydrogens (tertiary/aromatic N) is 1. The smallest absolute Gasteiger partial charge is 0.259 e. The molecule has 0 saturated carbocycles. The van der Waals surface area contributed by atoms with Crippen molar-refractivity contribution >= 4 is 46.2 Å². The molecule has 0 amide bonds. The van der Waals surface area contributed by atoms with E-state index in [2.05, 4.69) is 31.2 Å². The van der Waals surface area contributed by atoms with Crippen LogP contribution in [0.1, 0.15) is 26.4 Å². The maximum atomic E-state index is 13.2. The van der Waals surface area contributed by atoms with Gasteiger partial charge in [-0.2, -0.15) is 4.57 Å². The molecule has 2 heterocycles. The predicted molar refractivity (Wildman–Crippen MR) is 126 cm³/mol. The van der Waals surface area contributed by atoms with Crippen molar-refractivity contribution in [3.63, 3.8) is 0 Å². The number of halogens is 2. The zero-order chi connectivity index (χ0) is 21.1. The number of aromatic nitrogens is 1. The molecule has 0 atom stereocenters. The minimum absolute atomic E-state index is 0. The summed E-state index contributed by atoms with van der Waals surface area (Å²) in [6.07, 6.45) is 3.90. The molecule has 0 aliphatic carbocycles. The highest BCUT2D eigenvalue weighted by molar-refractivity contribution is 8.00. The SMILES string of the molecule is Cc1ccc(CSc2sc(C(=O)c3ccc(Cl)cc3)c(N)c2-[n+]2ccccc2)cc1.[Br-]. The second-order valence-electron chi connectivity index (χ2n) is 6.87. The van der Waals surface area contributed by atoms with Crippen LogP contribution < -0.4 is 27.3 Å². The molecule has 2 aromatic heterocycles. The number of rotatable bonds is 6. The molecule has 31 heavy (non-hydrogen) atoms. The van der Waals surface area contributed by atoms with E-state index in [4.69, 9.17) is 17.3 Å². The molecule has 0 spiro atoms. The molecule has 0 fully saturated rings. The van der Waals surface area contributed by atoms with E-state index in [1.165, 1.54) is 22.5 Å². The summed E-state index contributed by atoms with van der Waals surface area (Å²) >= 11 is 9.11. The molecule has 4 aromatic rings. The van der Waals surface area contributed by atoms with Gasteiger partial charge in [-0.05, 0) is 36.8 Å². The zero-order valence-corrected chi connectivity index (χ0v) is 20.7. The number of pyridine rings is 1. The summed E-state index contributed by atoms with van der Waals surface area (Å²) in [7, 11) is 0. The van der Waals surface area contributed by atoms with Crippen molar-refractivity contribution in [3.05, 3.63) is 106 Å². The van der Waals surface area contributed by atoms with Crippen LogP contribution in [0.2, 0.25) is 5.02 Å². The first kappa shape index (κ1) is 23.5. The largest absolute Gasteiger partial charge is 1.00 e. The fourth-order valence-corrected chi connectivity index (χ4v) is 5.58. The highest BCUT2D eigenvalue weighted by Crippen LogP contribution is 2.40. The number of thiophene rings is 1. The molecular formula is C24H20BrClN2OS2. The van der Waals surface area contributed by atoms with Crippen molar-refractivity contribution in [2.24, 2.45) is 0 Å². The van der Waals surface area contributed by atoms with E-state index >= 15 is 0 Å². The normalized spacial score (nSPS) is 10.5. The lowest BCUT2D eigenvalue weighted by atomic mass is 10.1. The third-order valence-corrected chi connectivity index (χ3v) is 7.44. The molecule has 0 bridgehead atoms. The van der Waals surface area contributed by atoms with Gasteiger partial charge < -0.3 is 22.7 Å². The third-order valence-electron chi connectivity index (χ3n) is 4.66. The highest BCUT2D eigenvalue weighted by atomic mass is 79.9. The Kier molecular flexibility index (Phi) is 7.94. The molecule has 0 unspecified atom stereocenters. The van der Waals surface area contributed by atoms with E-state index in [0.29, 0.717) is 21.2 Å². The van der Waals surface area contributed by atoms with Crippen LogP contribution in [0.25, 0.3) is 5.69 Å². The molecule has 0 radical (unpaired) electrons. The quantitative estimate of drug-likeness (QED) is 0.236. The Morgan fingerprint density at radius 2 is 1.68 bits per heavy atom. The van der Waals surface area contributed by atoms with Gasteiger partial charge in [-0.25, -0.2) is 0 Å². The molecule has 7 heteroatoms. The van der Waals surface area contributed by atoms with Crippen LogP contribution in [0.4, 0.5) is 5.69 Å². The van der Waals surface area contributed by atoms with Crippen LogP contribution in [0.15, 0.2) is 83.3 Å². The van der Waals surface area contributed by atoms with Crippen LogP contribution in [-0.4, -0.2) is 5.78 Å². The lowest BCUT2D eigenvalue weighted by molar-refractivity contribution is -0.596. The van der Waals surface area contributed by atoms with Gasteiger partial charge >= 0.3 is 0 Å². The molecule has 3 nitrogen and oxygen atoms in total. The number of carbonyl (C=O) groups is 1. The minimum Gasteiger partial charge on any atom is -1.00 e. The molecule has 158 valence electrons. The van der Waals surface area contributed by atoms with E-state index in [0.717, 1.165) is 15.6 Å². The summed E-state index contributed by atoms with van der Waals surface area (Å²) in [4.78, 5) is 13.7. The monoisotopic (exact) mass is 530 g/mol. The van der Waals surface area contributed by atoms with Gasteiger partial charge in [-0.15, -0.1) is 23.1 Å². The first-order chi connectivity index (χ1) is 14.5. The van der Waals surface area contributed by atoms with Gasteiger partial charge in [-0.1, -0.05) is 47.5 Å². The summed E-state index contributed by atoms with van der Waals surface area (Å²) in [6.45, 7) is 2.08.